The van der Waals surface area contributed by atoms with Crippen LogP contribution in [0.1, 0.15) is 16.5 Å². The molecule has 1 nitrogen and oxygen atoms in total. The van der Waals surface area contributed by atoms with Crippen molar-refractivity contribution in [3.8, 4) is 5.75 Å². The summed E-state index contributed by atoms with van der Waals surface area (Å²) in [6.07, 6.45) is 0. The van der Waals surface area contributed by atoms with Gasteiger partial charge in [0, 0.05) is 10.6 Å². The Morgan fingerprint density at radius 2 is 1.82 bits per heavy atom. The molecule has 0 aromatic heterocycles. The summed E-state index contributed by atoms with van der Waals surface area (Å²) >= 11 is 12.4. The van der Waals surface area contributed by atoms with Crippen molar-refractivity contribution in [2.45, 2.75) is 5.38 Å². The van der Waals surface area contributed by atoms with Crippen LogP contribution < -0.4 is 4.74 Å². The Hall–Kier alpha value is -1.18. The Morgan fingerprint density at radius 1 is 1.06 bits per heavy atom. The van der Waals surface area contributed by atoms with Gasteiger partial charge in [0.05, 0.1) is 12.5 Å². The minimum atomic E-state index is -0.259. The van der Waals surface area contributed by atoms with E-state index >= 15 is 0 Å². The molecule has 2 aromatic rings. The van der Waals surface area contributed by atoms with Crippen molar-refractivity contribution in [3.63, 3.8) is 0 Å². The molecule has 0 N–H and O–H groups in total. The summed E-state index contributed by atoms with van der Waals surface area (Å²) in [5.41, 5.74) is 1.91. The first-order valence-corrected chi connectivity index (χ1v) is 6.06. The third-order valence-corrected chi connectivity index (χ3v) is 3.28. The molecule has 0 aliphatic carbocycles. The highest BCUT2D eigenvalue weighted by molar-refractivity contribution is 6.30. The average Bonchev–Trinajstić information content (AvgIpc) is 2.38. The van der Waals surface area contributed by atoms with Gasteiger partial charge in [0.25, 0.3) is 0 Å². The van der Waals surface area contributed by atoms with Gasteiger partial charge in [0.1, 0.15) is 5.75 Å². The molecule has 17 heavy (non-hydrogen) atoms. The maximum Gasteiger partial charge on any atom is 0.123 e. The lowest BCUT2D eigenvalue weighted by Gasteiger charge is -2.14. The van der Waals surface area contributed by atoms with E-state index in [4.69, 9.17) is 27.9 Å². The Kier molecular flexibility index (Phi) is 3.93. The highest BCUT2D eigenvalue weighted by Gasteiger charge is 2.15. The van der Waals surface area contributed by atoms with Crippen LogP contribution in [0.2, 0.25) is 5.02 Å². The van der Waals surface area contributed by atoms with Gasteiger partial charge < -0.3 is 4.74 Å². The van der Waals surface area contributed by atoms with Gasteiger partial charge in [-0.2, -0.15) is 0 Å². The van der Waals surface area contributed by atoms with Gasteiger partial charge >= 0.3 is 0 Å². The second-order valence-corrected chi connectivity index (χ2v) is 4.53. The summed E-state index contributed by atoms with van der Waals surface area (Å²) < 4.78 is 5.30. The normalized spacial score (nSPS) is 12.2. The smallest absolute Gasteiger partial charge is 0.123 e. The molecule has 0 aliphatic heterocycles. The second kappa shape index (κ2) is 5.44. The van der Waals surface area contributed by atoms with Crippen LogP contribution in [0.3, 0.4) is 0 Å². The number of hydrogen-bond acceptors (Lipinski definition) is 1. The summed E-state index contributed by atoms with van der Waals surface area (Å²) in [6.45, 7) is 0. The molecule has 0 heterocycles. The number of alkyl halides is 1. The fourth-order valence-corrected chi connectivity index (χ4v) is 2.23. The van der Waals surface area contributed by atoms with E-state index in [-0.39, 0.29) is 5.38 Å². The average molecular weight is 267 g/mol. The van der Waals surface area contributed by atoms with Gasteiger partial charge in [-0.15, -0.1) is 11.6 Å². The lowest BCUT2D eigenvalue weighted by molar-refractivity contribution is 0.410. The number of ether oxygens (including phenoxy) is 1. The Labute approximate surface area is 111 Å². The summed E-state index contributed by atoms with van der Waals surface area (Å²) in [5.74, 6) is 0.785. The molecule has 0 radical (unpaired) electrons. The molecule has 0 aliphatic rings. The van der Waals surface area contributed by atoms with Gasteiger partial charge in [-0.25, -0.2) is 0 Å². The number of methoxy groups -OCH3 is 1. The van der Waals surface area contributed by atoms with E-state index in [1.807, 2.05) is 48.5 Å². The highest BCUT2D eigenvalue weighted by atomic mass is 35.5. The van der Waals surface area contributed by atoms with Gasteiger partial charge in [-0.3, -0.25) is 0 Å². The minimum Gasteiger partial charge on any atom is -0.496 e. The van der Waals surface area contributed by atoms with Crippen LogP contribution in [0.25, 0.3) is 0 Å². The fraction of sp³-hybridized carbons (Fsp3) is 0.143. The molecule has 0 fully saturated rings. The molecule has 88 valence electrons. The van der Waals surface area contributed by atoms with Crippen molar-refractivity contribution in [2.24, 2.45) is 0 Å². The largest absolute Gasteiger partial charge is 0.496 e. The number of benzene rings is 2. The molecule has 1 atom stereocenters. The SMILES string of the molecule is COc1ccccc1C(Cl)c1cccc(Cl)c1. The van der Waals surface area contributed by atoms with E-state index in [1.165, 1.54) is 0 Å². The van der Waals surface area contributed by atoms with Crippen molar-refractivity contribution >= 4 is 23.2 Å². The third kappa shape index (κ3) is 2.74. The van der Waals surface area contributed by atoms with Crippen molar-refractivity contribution in [2.75, 3.05) is 7.11 Å². The van der Waals surface area contributed by atoms with E-state index in [1.54, 1.807) is 7.11 Å². The standard InChI is InChI=1S/C14H12Cl2O/c1-17-13-8-3-2-7-12(13)14(16)10-5-4-6-11(15)9-10/h2-9,14H,1H3. The lowest BCUT2D eigenvalue weighted by atomic mass is 10.0. The van der Waals surface area contributed by atoms with Gasteiger partial charge in [-0.1, -0.05) is 41.9 Å². The quantitative estimate of drug-likeness (QED) is 0.734. The van der Waals surface area contributed by atoms with Crippen LogP contribution in [-0.4, -0.2) is 7.11 Å². The fourth-order valence-electron chi connectivity index (χ4n) is 1.72. The van der Waals surface area contributed by atoms with Crippen LogP contribution in [0.15, 0.2) is 48.5 Å². The lowest BCUT2D eigenvalue weighted by Crippen LogP contribution is -1.97. The Morgan fingerprint density at radius 3 is 2.53 bits per heavy atom. The number of para-hydroxylation sites is 1. The Balaban J connectivity index is 2.40. The zero-order chi connectivity index (χ0) is 12.3. The summed E-state index contributed by atoms with van der Waals surface area (Å²) in [4.78, 5) is 0. The molecular formula is C14H12Cl2O. The van der Waals surface area contributed by atoms with Crippen molar-refractivity contribution in [1.82, 2.24) is 0 Å². The molecule has 0 saturated carbocycles. The number of rotatable bonds is 3. The van der Waals surface area contributed by atoms with Crippen LogP contribution in [0.5, 0.6) is 5.75 Å². The molecule has 0 saturated heterocycles. The van der Waals surface area contributed by atoms with Gasteiger partial charge in [0.15, 0.2) is 0 Å². The van der Waals surface area contributed by atoms with Crippen molar-refractivity contribution < 1.29 is 4.74 Å². The van der Waals surface area contributed by atoms with Gasteiger partial charge in [-0.05, 0) is 23.8 Å². The maximum atomic E-state index is 6.45. The van der Waals surface area contributed by atoms with Crippen LogP contribution >= 0.6 is 23.2 Å². The van der Waals surface area contributed by atoms with E-state index < -0.39 is 0 Å². The van der Waals surface area contributed by atoms with Crippen LogP contribution in [0, 0.1) is 0 Å². The van der Waals surface area contributed by atoms with Crippen molar-refractivity contribution in [1.29, 1.82) is 0 Å². The molecule has 3 heteroatoms. The van der Waals surface area contributed by atoms with Crippen molar-refractivity contribution in [3.05, 3.63) is 64.7 Å². The van der Waals surface area contributed by atoms with E-state index in [0.717, 1.165) is 16.9 Å². The van der Waals surface area contributed by atoms with E-state index in [9.17, 15) is 0 Å². The molecule has 1 unspecified atom stereocenters. The van der Waals surface area contributed by atoms with E-state index in [2.05, 4.69) is 0 Å². The highest BCUT2D eigenvalue weighted by Crippen LogP contribution is 2.35. The molecule has 0 spiro atoms. The predicted molar refractivity (Wildman–Crippen MR) is 72.1 cm³/mol. The monoisotopic (exact) mass is 266 g/mol. The van der Waals surface area contributed by atoms with Crippen LogP contribution in [0.4, 0.5) is 0 Å². The molecule has 2 rings (SSSR count). The third-order valence-electron chi connectivity index (χ3n) is 2.55. The molecule has 2 aromatic carbocycles. The summed E-state index contributed by atoms with van der Waals surface area (Å²) in [5, 5.41) is 0.424. The minimum absolute atomic E-state index is 0.259. The first kappa shape index (κ1) is 12.3. The zero-order valence-corrected chi connectivity index (χ0v) is 10.9. The summed E-state index contributed by atoms with van der Waals surface area (Å²) in [6, 6.07) is 15.3. The first-order valence-electron chi connectivity index (χ1n) is 5.25. The van der Waals surface area contributed by atoms with E-state index in [0.29, 0.717) is 5.02 Å². The van der Waals surface area contributed by atoms with Crippen LogP contribution in [-0.2, 0) is 0 Å². The topological polar surface area (TPSA) is 9.23 Å². The number of halogens is 2. The zero-order valence-electron chi connectivity index (χ0n) is 9.36. The Bertz CT molecular complexity index is 511. The summed E-state index contributed by atoms with van der Waals surface area (Å²) in [7, 11) is 1.64. The first-order chi connectivity index (χ1) is 8.22. The predicted octanol–water partition coefficient (Wildman–Crippen LogP) is 4.68. The second-order valence-electron chi connectivity index (χ2n) is 3.66. The molecule has 0 amide bonds. The van der Waals surface area contributed by atoms with Gasteiger partial charge in [0.2, 0.25) is 0 Å². The maximum absolute atomic E-state index is 6.45. The number of hydrogen-bond donors (Lipinski definition) is 0. The molecule has 0 bridgehead atoms. The molecular weight excluding hydrogens is 255 g/mol.